The summed E-state index contributed by atoms with van der Waals surface area (Å²) in [6.07, 6.45) is 0. The molecule has 2 nitrogen and oxygen atoms in total. The van der Waals surface area contributed by atoms with E-state index in [0.717, 1.165) is 22.3 Å². The summed E-state index contributed by atoms with van der Waals surface area (Å²) in [6, 6.07) is 13.0. The molecule has 2 aromatic carbocycles. The molecular formula is C17H20BrFN2. The van der Waals surface area contributed by atoms with Gasteiger partial charge in [0, 0.05) is 23.2 Å². The van der Waals surface area contributed by atoms with Gasteiger partial charge in [-0.15, -0.1) is 0 Å². The highest BCUT2D eigenvalue weighted by atomic mass is 79.9. The van der Waals surface area contributed by atoms with Crippen molar-refractivity contribution in [3.05, 3.63) is 63.9 Å². The molecule has 0 spiro atoms. The molecule has 0 aliphatic heterocycles. The van der Waals surface area contributed by atoms with Crippen LogP contribution in [0.3, 0.4) is 0 Å². The van der Waals surface area contributed by atoms with Crippen molar-refractivity contribution in [3.8, 4) is 0 Å². The Morgan fingerprint density at radius 3 is 2.43 bits per heavy atom. The van der Waals surface area contributed by atoms with Crippen LogP contribution in [0.4, 0.5) is 10.1 Å². The lowest BCUT2D eigenvalue weighted by molar-refractivity contribution is 0.605. The number of likely N-dealkylation sites (N-methyl/N-ethyl adjacent to an activating group) is 1. The molecule has 1 unspecified atom stereocenters. The Kier molecular flexibility index (Phi) is 5.37. The number of halogens is 2. The summed E-state index contributed by atoms with van der Waals surface area (Å²) < 4.78 is 14.5. The summed E-state index contributed by atoms with van der Waals surface area (Å²) in [5.74, 6) is -0.244. The van der Waals surface area contributed by atoms with E-state index in [1.165, 1.54) is 11.6 Å². The van der Waals surface area contributed by atoms with Crippen molar-refractivity contribution in [2.45, 2.75) is 19.9 Å². The number of nitrogens with zero attached hydrogens (tertiary/aromatic N) is 1. The largest absolute Gasteiger partial charge is 0.363 e. The summed E-state index contributed by atoms with van der Waals surface area (Å²) in [6.45, 7) is 5.36. The third kappa shape index (κ3) is 3.63. The SMILES string of the molecule is CCN(c1ccc(C)cc1)C(CN)c1cc(F)ccc1Br. The molecule has 4 heteroatoms. The van der Waals surface area contributed by atoms with Crippen LogP contribution in [0.2, 0.25) is 0 Å². The molecule has 0 saturated carbocycles. The van der Waals surface area contributed by atoms with Crippen LogP contribution in [0, 0.1) is 12.7 Å². The zero-order chi connectivity index (χ0) is 15.4. The average molecular weight is 351 g/mol. The van der Waals surface area contributed by atoms with Crippen LogP contribution >= 0.6 is 15.9 Å². The fourth-order valence-electron chi connectivity index (χ4n) is 2.51. The highest BCUT2D eigenvalue weighted by Crippen LogP contribution is 2.31. The van der Waals surface area contributed by atoms with Gasteiger partial charge in [-0.05, 0) is 49.7 Å². The van der Waals surface area contributed by atoms with Gasteiger partial charge in [0.1, 0.15) is 5.82 Å². The van der Waals surface area contributed by atoms with Crippen LogP contribution in [0.1, 0.15) is 24.1 Å². The van der Waals surface area contributed by atoms with Crippen LogP contribution in [-0.2, 0) is 0 Å². The number of nitrogens with two attached hydrogens (primary N) is 1. The molecule has 0 saturated heterocycles. The van der Waals surface area contributed by atoms with Crippen LogP contribution < -0.4 is 10.6 Å². The van der Waals surface area contributed by atoms with Crippen molar-refractivity contribution in [2.24, 2.45) is 5.73 Å². The summed E-state index contributed by atoms with van der Waals surface area (Å²) in [5, 5.41) is 0. The first-order chi connectivity index (χ1) is 10.1. The second kappa shape index (κ2) is 7.05. The van der Waals surface area contributed by atoms with Crippen molar-refractivity contribution in [1.29, 1.82) is 0 Å². The lowest BCUT2D eigenvalue weighted by Crippen LogP contribution is -2.34. The molecule has 0 heterocycles. The maximum absolute atomic E-state index is 13.6. The molecule has 0 amide bonds. The minimum absolute atomic E-state index is 0.0669. The zero-order valence-corrected chi connectivity index (χ0v) is 13.9. The molecule has 0 radical (unpaired) electrons. The van der Waals surface area contributed by atoms with Gasteiger partial charge in [-0.2, -0.15) is 0 Å². The van der Waals surface area contributed by atoms with E-state index in [4.69, 9.17) is 5.73 Å². The van der Waals surface area contributed by atoms with Gasteiger partial charge in [-0.1, -0.05) is 33.6 Å². The van der Waals surface area contributed by atoms with Gasteiger partial charge in [0.2, 0.25) is 0 Å². The molecule has 0 aliphatic carbocycles. The molecule has 112 valence electrons. The van der Waals surface area contributed by atoms with E-state index in [1.54, 1.807) is 12.1 Å². The van der Waals surface area contributed by atoms with Gasteiger partial charge in [-0.25, -0.2) is 4.39 Å². The van der Waals surface area contributed by atoms with Gasteiger partial charge in [0.15, 0.2) is 0 Å². The normalized spacial score (nSPS) is 12.2. The standard InChI is InChI=1S/C17H20BrFN2/c1-3-21(14-7-4-12(2)5-8-14)17(11-20)15-10-13(19)6-9-16(15)18/h4-10,17H,3,11,20H2,1-2H3. The second-order valence-electron chi connectivity index (χ2n) is 5.04. The maximum atomic E-state index is 13.6. The Hall–Kier alpha value is -1.39. The molecular weight excluding hydrogens is 331 g/mol. The molecule has 1 atom stereocenters. The number of hydrogen-bond donors (Lipinski definition) is 1. The zero-order valence-electron chi connectivity index (χ0n) is 12.3. The summed E-state index contributed by atoms with van der Waals surface area (Å²) >= 11 is 3.50. The van der Waals surface area contributed by atoms with E-state index < -0.39 is 0 Å². The van der Waals surface area contributed by atoms with Gasteiger partial charge in [0.05, 0.1) is 6.04 Å². The van der Waals surface area contributed by atoms with Crippen molar-refractivity contribution < 1.29 is 4.39 Å². The average Bonchev–Trinajstić information content (AvgIpc) is 2.49. The molecule has 0 aliphatic rings. The van der Waals surface area contributed by atoms with Crippen LogP contribution in [0.5, 0.6) is 0 Å². The number of aryl methyl sites for hydroxylation is 1. The topological polar surface area (TPSA) is 29.3 Å². The lowest BCUT2D eigenvalue weighted by atomic mass is 10.0. The second-order valence-corrected chi connectivity index (χ2v) is 5.89. The fraction of sp³-hybridized carbons (Fsp3) is 0.294. The summed E-state index contributed by atoms with van der Waals surface area (Å²) in [5.41, 5.74) is 9.16. The first kappa shape index (κ1) is 16.0. The Balaban J connectivity index is 2.42. The van der Waals surface area contributed by atoms with E-state index in [2.05, 4.69) is 58.9 Å². The molecule has 21 heavy (non-hydrogen) atoms. The van der Waals surface area contributed by atoms with E-state index >= 15 is 0 Å². The first-order valence-electron chi connectivity index (χ1n) is 7.05. The smallest absolute Gasteiger partial charge is 0.123 e. The molecule has 2 aromatic rings. The molecule has 0 aromatic heterocycles. The van der Waals surface area contributed by atoms with Crippen LogP contribution in [0.15, 0.2) is 46.9 Å². The van der Waals surface area contributed by atoms with Gasteiger partial charge in [0.25, 0.3) is 0 Å². The minimum Gasteiger partial charge on any atom is -0.363 e. The Morgan fingerprint density at radius 2 is 1.86 bits per heavy atom. The lowest BCUT2D eigenvalue weighted by Gasteiger charge is -2.33. The quantitative estimate of drug-likeness (QED) is 0.864. The highest BCUT2D eigenvalue weighted by Gasteiger charge is 2.21. The third-order valence-electron chi connectivity index (χ3n) is 3.62. The van der Waals surface area contributed by atoms with E-state index in [-0.39, 0.29) is 11.9 Å². The number of hydrogen-bond acceptors (Lipinski definition) is 2. The van der Waals surface area contributed by atoms with Crippen LogP contribution in [0.25, 0.3) is 0 Å². The molecule has 2 N–H and O–H groups in total. The van der Waals surface area contributed by atoms with Crippen molar-refractivity contribution in [3.63, 3.8) is 0 Å². The monoisotopic (exact) mass is 350 g/mol. The maximum Gasteiger partial charge on any atom is 0.123 e. The fourth-order valence-corrected chi connectivity index (χ4v) is 3.02. The van der Waals surface area contributed by atoms with Gasteiger partial charge < -0.3 is 10.6 Å². The van der Waals surface area contributed by atoms with Crippen molar-refractivity contribution >= 4 is 21.6 Å². The molecule has 0 bridgehead atoms. The number of benzene rings is 2. The van der Waals surface area contributed by atoms with Gasteiger partial charge >= 0.3 is 0 Å². The Bertz CT molecular complexity index is 598. The molecule has 2 rings (SSSR count). The minimum atomic E-state index is -0.244. The summed E-state index contributed by atoms with van der Waals surface area (Å²) in [4.78, 5) is 2.19. The third-order valence-corrected chi connectivity index (χ3v) is 4.35. The highest BCUT2D eigenvalue weighted by molar-refractivity contribution is 9.10. The van der Waals surface area contributed by atoms with Crippen molar-refractivity contribution in [2.75, 3.05) is 18.0 Å². The Labute approximate surface area is 133 Å². The van der Waals surface area contributed by atoms with E-state index in [0.29, 0.717) is 6.54 Å². The number of anilines is 1. The first-order valence-corrected chi connectivity index (χ1v) is 7.84. The van der Waals surface area contributed by atoms with Gasteiger partial charge in [-0.3, -0.25) is 0 Å². The predicted octanol–water partition coefficient (Wildman–Crippen LogP) is 4.42. The molecule has 0 fully saturated rings. The summed E-state index contributed by atoms with van der Waals surface area (Å²) in [7, 11) is 0. The number of rotatable bonds is 5. The van der Waals surface area contributed by atoms with Crippen LogP contribution in [-0.4, -0.2) is 13.1 Å². The predicted molar refractivity (Wildman–Crippen MR) is 90.1 cm³/mol. The Morgan fingerprint density at radius 1 is 1.19 bits per heavy atom. The van der Waals surface area contributed by atoms with Crippen molar-refractivity contribution in [1.82, 2.24) is 0 Å². The van der Waals surface area contributed by atoms with E-state index in [1.807, 2.05) is 0 Å². The van der Waals surface area contributed by atoms with E-state index in [9.17, 15) is 4.39 Å².